The summed E-state index contributed by atoms with van der Waals surface area (Å²) in [6.07, 6.45) is 1.77. The number of amides is 3. The Morgan fingerprint density at radius 2 is 1.71 bits per heavy atom. The molecule has 2 fully saturated rings. The average Bonchev–Trinajstić information content (AvgIpc) is 3.64. The number of hydrogen-bond donors (Lipinski definition) is 3. The van der Waals surface area contributed by atoms with Crippen LogP contribution in [-0.2, 0) is 9.53 Å². The van der Waals surface area contributed by atoms with Crippen molar-refractivity contribution in [1.29, 1.82) is 0 Å². The molecule has 1 aliphatic carbocycles. The number of H-pyrrole nitrogens is 1. The molecule has 13 heteroatoms. The standard InChI is InChI=1S/C32H32N8O5/c41-26(39-14-12-38(13-15-39)25-6-1-2-11-33-25)20-45-22-9-7-21(8-10-22)29-28-30(36-35-29)23-4-3-5-24(27(23)31(28)42)34-32(43)37-40-16-18-44-19-17-40/h1-11H,12-20H2,(H,35,36)(H2,34,37,43). The van der Waals surface area contributed by atoms with E-state index < -0.39 is 6.03 Å². The Hall–Kier alpha value is -5.27. The Balaban J connectivity index is 0.976. The number of rotatable bonds is 7. The molecule has 0 radical (unpaired) electrons. The lowest BCUT2D eigenvalue weighted by atomic mass is 10.0. The molecule has 2 aromatic heterocycles. The first-order valence-corrected chi connectivity index (χ1v) is 14.9. The van der Waals surface area contributed by atoms with E-state index in [9.17, 15) is 14.4 Å². The van der Waals surface area contributed by atoms with Gasteiger partial charge in [0.05, 0.1) is 35.7 Å². The number of carbonyl (C=O) groups excluding carboxylic acids is 3. The molecular weight excluding hydrogens is 576 g/mol. The number of nitrogens with one attached hydrogen (secondary N) is 3. The summed E-state index contributed by atoms with van der Waals surface area (Å²) in [4.78, 5) is 47.6. The highest BCUT2D eigenvalue weighted by molar-refractivity contribution is 6.26. The molecule has 3 amide bonds. The van der Waals surface area contributed by atoms with E-state index in [4.69, 9.17) is 9.47 Å². The maximum absolute atomic E-state index is 13.7. The lowest BCUT2D eigenvalue weighted by Crippen LogP contribution is -2.50. The molecule has 2 saturated heterocycles. The van der Waals surface area contributed by atoms with E-state index in [1.54, 1.807) is 40.4 Å². The van der Waals surface area contributed by atoms with Crippen molar-refractivity contribution in [2.24, 2.45) is 0 Å². The summed E-state index contributed by atoms with van der Waals surface area (Å²) in [5, 5.41) is 12.1. The third kappa shape index (κ3) is 5.82. The van der Waals surface area contributed by atoms with E-state index in [-0.39, 0.29) is 18.3 Å². The number of morpholine rings is 1. The van der Waals surface area contributed by atoms with Crippen molar-refractivity contribution in [2.45, 2.75) is 0 Å². The van der Waals surface area contributed by atoms with Crippen LogP contribution in [-0.4, -0.2) is 102 Å². The minimum atomic E-state index is -0.423. The summed E-state index contributed by atoms with van der Waals surface area (Å²) in [6, 6.07) is 17.9. The lowest BCUT2D eigenvalue weighted by molar-refractivity contribution is -0.133. The first kappa shape index (κ1) is 28.5. The zero-order chi connectivity index (χ0) is 30.8. The molecule has 13 nitrogen and oxygen atoms in total. The number of hydrazine groups is 1. The number of piperazine rings is 1. The Morgan fingerprint density at radius 3 is 2.47 bits per heavy atom. The fraction of sp³-hybridized carbons (Fsp3) is 0.281. The van der Waals surface area contributed by atoms with Crippen LogP contribution >= 0.6 is 0 Å². The highest BCUT2D eigenvalue weighted by atomic mass is 16.5. The summed E-state index contributed by atoms with van der Waals surface area (Å²) >= 11 is 0. The minimum Gasteiger partial charge on any atom is -0.484 e. The number of aromatic nitrogens is 3. The van der Waals surface area contributed by atoms with E-state index in [0.29, 0.717) is 92.0 Å². The number of aromatic amines is 1. The molecule has 0 atom stereocenters. The summed E-state index contributed by atoms with van der Waals surface area (Å²) < 4.78 is 11.1. The summed E-state index contributed by atoms with van der Waals surface area (Å²) in [5.41, 5.74) is 6.60. The third-order valence-corrected chi connectivity index (χ3v) is 8.17. The monoisotopic (exact) mass is 608 g/mol. The van der Waals surface area contributed by atoms with Crippen LogP contribution in [0, 0.1) is 0 Å². The van der Waals surface area contributed by atoms with Crippen molar-refractivity contribution >= 4 is 29.2 Å². The second kappa shape index (κ2) is 12.4. The maximum atomic E-state index is 13.7. The van der Waals surface area contributed by atoms with Gasteiger partial charge in [-0.05, 0) is 42.5 Å². The first-order valence-electron chi connectivity index (χ1n) is 14.9. The van der Waals surface area contributed by atoms with Crippen molar-refractivity contribution in [3.8, 4) is 28.3 Å². The molecule has 0 bridgehead atoms. The van der Waals surface area contributed by atoms with Gasteiger partial charge >= 0.3 is 6.03 Å². The fourth-order valence-corrected chi connectivity index (χ4v) is 5.84. The topological polar surface area (TPSA) is 145 Å². The van der Waals surface area contributed by atoms with Gasteiger partial charge in [0.25, 0.3) is 5.91 Å². The van der Waals surface area contributed by atoms with Gasteiger partial charge in [-0.1, -0.05) is 18.2 Å². The SMILES string of the molecule is O=C(Nc1cccc2c1C(=O)c1c(-c3ccc(OCC(=O)N4CCN(c5ccccn5)CC4)cc3)n[nH]c1-2)NN1CCOCC1. The first-order chi connectivity index (χ1) is 22.0. The van der Waals surface area contributed by atoms with Gasteiger partial charge in [-0.2, -0.15) is 5.10 Å². The van der Waals surface area contributed by atoms with Crippen molar-refractivity contribution in [1.82, 2.24) is 30.5 Å². The molecule has 45 heavy (non-hydrogen) atoms. The molecule has 4 heterocycles. The van der Waals surface area contributed by atoms with Gasteiger partial charge in [0.1, 0.15) is 17.3 Å². The molecule has 4 aromatic rings. The van der Waals surface area contributed by atoms with E-state index in [2.05, 4.69) is 30.8 Å². The predicted molar refractivity (Wildman–Crippen MR) is 166 cm³/mol. The van der Waals surface area contributed by atoms with Crippen LogP contribution in [0.1, 0.15) is 15.9 Å². The van der Waals surface area contributed by atoms with Crippen molar-refractivity contribution in [2.75, 3.05) is 69.3 Å². The molecule has 7 rings (SSSR count). The largest absolute Gasteiger partial charge is 0.484 e. The number of carbonyl (C=O) groups is 3. The van der Waals surface area contributed by atoms with Crippen LogP contribution in [0.4, 0.5) is 16.3 Å². The summed E-state index contributed by atoms with van der Waals surface area (Å²) in [5.74, 6) is 1.16. The van der Waals surface area contributed by atoms with Gasteiger partial charge in [-0.15, -0.1) is 0 Å². The molecule has 0 unspecified atom stereocenters. The number of ketones is 1. The molecule has 2 aliphatic heterocycles. The normalized spacial score (nSPS) is 16.2. The number of urea groups is 1. The molecule has 0 saturated carbocycles. The van der Waals surface area contributed by atoms with Gasteiger partial charge in [0.2, 0.25) is 0 Å². The number of hydrogen-bond acceptors (Lipinski definition) is 9. The maximum Gasteiger partial charge on any atom is 0.333 e. The molecule has 0 spiro atoms. The Labute approximate surface area is 259 Å². The van der Waals surface area contributed by atoms with Gasteiger partial charge in [0.15, 0.2) is 12.4 Å². The van der Waals surface area contributed by atoms with Crippen LogP contribution in [0.2, 0.25) is 0 Å². The summed E-state index contributed by atoms with van der Waals surface area (Å²) in [6.45, 7) is 4.83. The number of nitrogens with zero attached hydrogens (tertiary/aromatic N) is 5. The van der Waals surface area contributed by atoms with Gasteiger partial charge in [0, 0.05) is 56.6 Å². The second-order valence-corrected chi connectivity index (χ2v) is 10.9. The molecule has 2 aromatic carbocycles. The summed E-state index contributed by atoms with van der Waals surface area (Å²) in [7, 11) is 0. The van der Waals surface area contributed by atoms with E-state index >= 15 is 0 Å². The highest BCUT2D eigenvalue weighted by Crippen LogP contribution is 2.43. The van der Waals surface area contributed by atoms with Crippen LogP contribution in [0.25, 0.3) is 22.5 Å². The Bertz CT molecular complexity index is 1710. The number of pyridine rings is 1. The number of anilines is 2. The highest BCUT2D eigenvalue weighted by Gasteiger charge is 2.35. The minimum absolute atomic E-state index is 0.0660. The predicted octanol–water partition coefficient (Wildman–Crippen LogP) is 2.78. The van der Waals surface area contributed by atoms with Crippen molar-refractivity contribution in [3.05, 3.63) is 78.0 Å². The third-order valence-electron chi connectivity index (χ3n) is 8.17. The van der Waals surface area contributed by atoms with Crippen molar-refractivity contribution in [3.63, 3.8) is 0 Å². The van der Waals surface area contributed by atoms with Gasteiger partial charge < -0.3 is 24.6 Å². The molecule has 3 aliphatic rings. The number of benzene rings is 2. The molecule has 3 N–H and O–H groups in total. The van der Waals surface area contributed by atoms with Gasteiger partial charge in [-0.25, -0.2) is 14.8 Å². The zero-order valence-electron chi connectivity index (χ0n) is 24.5. The number of ether oxygens (including phenoxy) is 2. The van der Waals surface area contributed by atoms with Crippen molar-refractivity contribution < 1.29 is 23.9 Å². The van der Waals surface area contributed by atoms with Gasteiger partial charge in [-0.3, -0.25) is 20.1 Å². The quantitative estimate of drug-likeness (QED) is 0.254. The smallest absolute Gasteiger partial charge is 0.333 e. The van der Waals surface area contributed by atoms with Crippen LogP contribution in [0.3, 0.4) is 0 Å². The zero-order valence-corrected chi connectivity index (χ0v) is 24.5. The Morgan fingerprint density at radius 1 is 0.911 bits per heavy atom. The van der Waals surface area contributed by atoms with Crippen LogP contribution < -0.4 is 20.4 Å². The average molecular weight is 609 g/mol. The molecule has 230 valence electrons. The molecular formula is C32H32N8O5. The lowest BCUT2D eigenvalue weighted by Gasteiger charge is -2.35. The second-order valence-electron chi connectivity index (χ2n) is 10.9. The van der Waals surface area contributed by atoms with E-state index in [1.165, 1.54) is 0 Å². The Kier molecular flexibility index (Phi) is 7.84. The van der Waals surface area contributed by atoms with Crippen LogP contribution in [0.15, 0.2) is 66.9 Å². The fourth-order valence-electron chi connectivity index (χ4n) is 5.84. The van der Waals surface area contributed by atoms with Crippen LogP contribution in [0.5, 0.6) is 5.75 Å². The van der Waals surface area contributed by atoms with E-state index in [0.717, 1.165) is 11.4 Å². The van der Waals surface area contributed by atoms with E-state index in [1.807, 2.05) is 36.4 Å². The number of fused-ring (bicyclic) bond motifs is 3.